The summed E-state index contributed by atoms with van der Waals surface area (Å²) in [6.45, 7) is 8.38. The van der Waals surface area contributed by atoms with E-state index in [-0.39, 0.29) is 43.5 Å². The second kappa shape index (κ2) is 20.5. The Balaban J connectivity index is 0.000000644. The van der Waals surface area contributed by atoms with Gasteiger partial charge in [-0.2, -0.15) is 0 Å². The van der Waals surface area contributed by atoms with E-state index < -0.39 is 35.8 Å². The van der Waals surface area contributed by atoms with Crippen LogP contribution < -0.4 is 5.32 Å². The molecule has 0 spiro atoms. The lowest BCUT2D eigenvalue weighted by atomic mass is 9.87. The molecule has 2 atom stereocenters. The molecule has 0 bridgehead atoms. The zero-order chi connectivity index (χ0) is 33.0. The molecule has 6 N–H and O–H groups in total. The fourth-order valence-electron chi connectivity index (χ4n) is 3.44. The molecule has 0 fully saturated rings. The first-order chi connectivity index (χ1) is 20.1. The Hall–Kier alpha value is -4.35. The smallest absolute Gasteiger partial charge is 0.320 e. The molecule has 0 heterocycles. The highest BCUT2D eigenvalue weighted by Gasteiger charge is 2.18. The summed E-state index contributed by atoms with van der Waals surface area (Å²) < 4.78 is 0. The van der Waals surface area contributed by atoms with Gasteiger partial charge in [0.15, 0.2) is 5.78 Å². The van der Waals surface area contributed by atoms with E-state index in [1.165, 1.54) is 11.6 Å². The second-order valence-corrected chi connectivity index (χ2v) is 10.4. The Morgan fingerprint density at radius 3 is 1.77 bits per heavy atom. The molecule has 43 heavy (non-hydrogen) atoms. The Kier molecular flexibility index (Phi) is 18.4. The van der Waals surface area contributed by atoms with Gasteiger partial charge in [0.05, 0.1) is 13.0 Å². The molecule has 2 aromatic carbocycles. The molecular weight excluding hydrogens is 558 g/mol. The Bertz CT molecular complexity index is 1180. The van der Waals surface area contributed by atoms with Gasteiger partial charge in [-0.25, -0.2) is 0 Å². The second-order valence-electron chi connectivity index (χ2n) is 10.4. The molecule has 236 valence electrons. The molecule has 0 aliphatic rings. The first-order valence-corrected chi connectivity index (χ1v) is 13.7. The summed E-state index contributed by atoms with van der Waals surface area (Å²) in [6.07, 6.45) is 3.09. The zero-order valence-corrected chi connectivity index (χ0v) is 25.0. The van der Waals surface area contributed by atoms with Gasteiger partial charge in [0, 0.05) is 12.8 Å². The lowest BCUT2D eigenvalue weighted by Crippen LogP contribution is -2.36. The zero-order valence-electron chi connectivity index (χ0n) is 25.0. The van der Waals surface area contributed by atoms with Crippen LogP contribution in [0.5, 0.6) is 0 Å². The molecule has 11 heteroatoms. The number of rotatable bonds is 14. The van der Waals surface area contributed by atoms with E-state index in [1.54, 1.807) is 43.3 Å². The van der Waals surface area contributed by atoms with Gasteiger partial charge in [-0.1, -0.05) is 88.4 Å². The maximum atomic E-state index is 11.4. The molecule has 1 unspecified atom stereocenters. The van der Waals surface area contributed by atoms with Crippen LogP contribution in [0.3, 0.4) is 0 Å². The number of carbonyl (C=O) groups excluding carboxylic acids is 1. The van der Waals surface area contributed by atoms with E-state index in [1.807, 2.05) is 24.3 Å². The van der Waals surface area contributed by atoms with E-state index >= 15 is 0 Å². The Morgan fingerprint density at radius 2 is 1.35 bits per heavy atom. The number of nitrogens with one attached hydrogen (secondary N) is 1. The third kappa shape index (κ3) is 17.9. The van der Waals surface area contributed by atoms with Crippen LogP contribution in [-0.2, 0) is 29.4 Å². The number of hydrogen-bond acceptors (Lipinski definition) is 7. The van der Waals surface area contributed by atoms with Crippen LogP contribution in [0, 0.1) is 0 Å². The number of aliphatic carboxylic acids is 4. The van der Waals surface area contributed by atoms with E-state index in [9.17, 15) is 24.0 Å². The summed E-state index contributed by atoms with van der Waals surface area (Å²) in [5, 5.41) is 45.4. The average Bonchev–Trinajstić information content (AvgIpc) is 2.94. The standard InChI is InChI=1S/C16H20O3.C9H10O3.C7H13NO4/c1-16(2,3)13-7-4-12(5-8-13)6-9-14(17)10-11-15(18)19;10-6-8(9(11)12)7-4-2-1-3-5-7;1-2-8-5(7(11)12)3-4-6(9)10/h4-9H,10-11H2,1-3H3,(H,18,19);1-5,8,10H,6H2,(H,11,12);5,8H,2-4H2,1H3,(H,9,10)(H,11,12)/t;;5-/m..1/s1. The molecule has 0 aromatic heterocycles. The molecule has 2 rings (SSSR count). The van der Waals surface area contributed by atoms with Gasteiger partial charge in [-0.05, 0) is 41.1 Å². The topological polar surface area (TPSA) is 199 Å². The predicted octanol–water partition coefficient (Wildman–Crippen LogP) is 4.19. The number of aliphatic hydroxyl groups excluding tert-OH is 1. The van der Waals surface area contributed by atoms with Gasteiger partial charge in [0.25, 0.3) is 0 Å². The van der Waals surface area contributed by atoms with Crippen LogP contribution in [0.25, 0.3) is 6.08 Å². The molecular formula is C32H43NO10. The van der Waals surface area contributed by atoms with Gasteiger partial charge in [-0.15, -0.1) is 0 Å². The Morgan fingerprint density at radius 1 is 0.791 bits per heavy atom. The largest absolute Gasteiger partial charge is 0.481 e. The maximum absolute atomic E-state index is 11.4. The first-order valence-electron chi connectivity index (χ1n) is 13.7. The van der Waals surface area contributed by atoms with Crippen molar-refractivity contribution in [3.05, 3.63) is 77.4 Å². The molecule has 0 saturated heterocycles. The number of likely N-dealkylation sites (N-methyl/N-ethyl adjacent to an activating group) is 1. The maximum Gasteiger partial charge on any atom is 0.320 e. The summed E-state index contributed by atoms with van der Waals surface area (Å²) in [5.74, 6) is -4.88. The third-order valence-corrected chi connectivity index (χ3v) is 5.90. The molecule has 0 aliphatic heterocycles. The van der Waals surface area contributed by atoms with Crippen LogP contribution in [0.2, 0.25) is 0 Å². The minimum Gasteiger partial charge on any atom is -0.481 e. The lowest BCUT2D eigenvalue weighted by molar-refractivity contribution is -0.141. The average molecular weight is 602 g/mol. The van der Waals surface area contributed by atoms with Crippen molar-refractivity contribution in [1.29, 1.82) is 0 Å². The molecule has 0 radical (unpaired) electrons. The third-order valence-electron chi connectivity index (χ3n) is 5.90. The van der Waals surface area contributed by atoms with E-state index in [4.69, 9.17) is 25.5 Å². The fourth-order valence-corrected chi connectivity index (χ4v) is 3.44. The SMILES string of the molecule is CC(C)(C)c1ccc(C=CC(=O)CCC(=O)O)cc1.CCN[C@H](CCC(=O)O)C(=O)O.O=C(O)C(CO)c1ccccc1. The minimum atomic E-state index is -1.00. The van der Waals surface area contributed by atoms with Crippen LogP contribution >= 0.6 is 0 Å². The monoisotopic (exact) mass is 601 g/mol. The number of hydrogen-bond donors (Lipinski definition) is 6. The summed E-state index contributed by atoms with van der Waals surface area (Å²) in [6, 6.07) is 15.9. The summed E-state index contributed by atoms with van der Waals surface area (Å²) in [7, 11) is 0. The number of carboxylic acid groups (broad SMARTS) is 4. The summed E-state index contributed by atoms with van der Waals surface area (Å²) in [4.78, 5) is 52.9. The highest BCUT2D eigenvalue weighted by Crippen LogP contribution is 2.22. The highest BCUT2D eigenvalue weighted by atomic mass is 16.4. The van der Waals surface area contributed by atoms with Crippen molar-refractivity contribution in [1.82, 2.24) is 5.32 Å². The van der Waals surface area contributed by atoms with Crippen molar-refractivity contribution in [2.24, 2.45) is 0 Å². The highest BCUT2D eigenvalue weighted by molar-refractivity contribution is 5.95. The normalized spacial score (nSPS) is 12.1. The van der Waals surface area contributed by atoms with Crippen molar-refractivity contribution in [2.75, 3.05) is 13.2 Å². The van der Waals surface area contributed by atoms with Gasteiger partial charge in [0.1, 0.15) is 12.0 Å². The van der Waals surface area contributed by atoms with Crippen LogP contribution in [0.15, 0.2) is 60.7 Å². The predicted molar refractivity (Wildman–Crippen MR) is 162 cm³/mol. The summed E-state index contributed by atoms with van der Waals surface area (Å²) in [5.41, 5.74) is 2.92. The van der Waals surface area contributed by atoms with Crippen LogP contribution in [0.1, 0.15) is 76.0 Å². The number of ketones is 1. The lowest BCUT2D eigenvalue weighted by Gasteiger charge is -2.18. The van der Waals surface area contributed by atoms with Crippen molar-refractivity contribution < 1.29 is 49.5 Å². The number of carbonyl (C=O) groups is 5. The number of allylic oxidation sites excluding steroid dienone is 1. The number of aliphatic hydroxyl groups is 1. The van der Waals surface area contributed by atoms with Crippen molar-refractivity contribution >= 4 is 35.7 Å². The Labute approximate surface area is 251 Å². The first kappa shape index (κ1) is 38.6. The van der Waals surface area contributed by atoms with Crippen LogP contribution in [-0.4, -0.2) is 74.4 Å². The van der Waals surface area contributed by atoms with E-state index in [2.05, 4.69) is 26.1 Å². The van der Waals surface area contributed by atoms with Gasteiger partial charge in [-0.3, -0.25) is 24.0 Å². The van der Waals surface area contributed by atoms with Crippen molar-refractivity contribution in [2.45, 2.75) is 70.8 Å². The van der Waals surface area contributed by atoms with Crippen molar-refractivity contribution in [3.63, 3.8) is 0 Å². The quantitative estimate of drug-likeness (QED) is 0.170. The minimum absolute atomic E-state index is 0.0475. The van der Waals surface area contributed by atoms with Gasteiger partial charge >= 0.3 is 23.9 Å². The van der Waals surface area contributed by atoms with Crippen molar-refractivity contribution in [3.8, 4) is 0 Å². The molecule has 0 amide bonds. The molecule has 0 saturated carbocycles. The van der Waals surface area contributed by atoms with Gasteiger partial charge < -0.3 is 30.8 Å². The molecule has 11 nitrogen and oxygen atoms in total. The molecule has 0 aliphatic carbocycles. The number of benzene rings is 2. The molecule has 2 aromatic rings. The van der Waals surface area contributed by atoms with Gasteiger partial charge in [0.2, 0.25) is 0 Å². The van der Waals surface area contributed by atoms with Crippen LogP contribution in [0.4, 0.5) is 0 Å². The van der Waals surface area contributed by atoms with E-state index in [0.29, 0.717) is 12.1 Å². The fraction of sp³-hybridized carbons (Fsp3) is 0.406. The number of carboxylic acids is 4. The summed E-state index contributed by atoms with van der Waals surface area (Å²) >= 11 is 0. The van der Waals surface area contributed by atoms with E-state index in [0.717, 1.165) is 5.56 Å².